The second-order valence-corrected chi connectivity index (χ2v) is 7.07. The molecule has 3 rings (SSSR count). The summed E-state index contributed by atoms with van der Waals surface area (Å²) in [6.45, 7) is 2.24. The van der Waals surface area contributed by atoms with Crippen molar-refractivity contribution < 1.29 is 4.79 Å². The Labute approximate surface area is 152 Å². The minimum atomic E-state index is -0.389. The molecule has 3 heterocycles. The minimum absolute atomic E-state index is 0.191. The summed E-state index contributed by atoms with van der Waals surface area (Å²) in [6, 6.07) is 0. The first-order valence-electron chi connectivity index (χ1n) is 9.39. The maximum absolute atomic E-state index is 12.5. The van der Waals surface area contributed by atoms with Crippen LogP contribution >= 0.6 is 0 Å². The number of likely N-dealkylation sites (tertiary alicyclic amines) is 1. The number of hydrogen-bond donors (Lipinski definition) is 0. The van der Waals surface area contributed by atoms with Gasteiger partial charge in [-0.2, -0.15) is 0 Å². The first-order chi connectivity index (χ1) is 12.5. The number of aromatic nitrogens is 4. The van der Waals surface area contributed by atoms with Gasteiger partial charge < -0.3 is 9.47 Å². The van der Waals surface area contributed by atoms with Gasteiger partial charge >= 0.3 is 5.69 Å². The van der Waals surface area contributed by atoms with Gasteiger partial charge in [0.15, 0.2) is 11.2 Å². The maximum atomic E-state index is 12.5. The average molecular weight is 361 g/mol. The molecule has 0 unspecified atom stereocenters. The Morgan fingerprint density at radius 1 is 1.04 bits per heavy atom. The Morgan fingerprint density at radius 2 is 1.69 bits per heavy atom. The zero-order chi connectivity index (χ0) is 18.7. The Balaban J connectivity index is 1.68. The van der Waals surface area contributed by atoms with Crippen molar-refractivity contribution in [1.82, 2.24) is 23.6 Å². The molecule has 1 aliphatic rings. The van der Waals surface area contributed by atoms with Crippen LogP contribution in [0.15, 0.2) is 15.9 Å². The normalized spacial score (nSPS) is 15.8. The van der Waals surface area contributed by atoms with E-state index < -0.39 is 0 Å². The molecule has 8 heteroatoms. The van der Waals surface area contributed by atoms with Crippen molar-refractivity contribution in [1.29, 1.82) is 0 Å². The highest BCUT2D eigenvalue weighted by molar-refractivity contribution is 5.76. The quantitative estimate of drug-likeness (QED) is 0.814. The predicted octanol–water partition coefficient (Wildman–Crippen LogP) is 1.01. The Hall–Kier alpha value is -2.38. The molecule has 0 saturated carbocycles. The van der Waals surface area contributed by atoms with Crippen molar-refractivity contribution >= 4 is 17.1 Å². The van der Waals surface area contributed by atoms with Crippen molar-refractivity contribution in [2.75, 3.05) is 13.1 Å². The average Bonchev–Trinajstić information content (AvgIpc) is 3.02. The summed E-state index contributed by atoms with van der Waals surface area (Å²) in [5, 5.41) is 0. The van der Waals surface area contributed by atoms with Gasteiger partial charge in [0.1, 0.15) is 0 Å². The summed E-state index contributed by atoms with van der Waals surface area (Å²) in [5.41, 5.74) is 0.0530. The fraction of sp³-hybridized carbons (Fsp3) is 0.667. The van der Waals surface area contributed by atoms with Crippen LogP contribution < -0.4 is 11.2 Å². The highest BCUT2D eigenvalue weighted by Crippen LogP contribution is 2.13. The summed E-state index contributed by atoms with van der Waals surface area (Å²) >= 11 is 0. The van der Waals surface area contributed by atoms with Crippen LogP contribution in [0.5, 0.6) is 0 Å². The zero-order valence-electron chi connectivity index (χ0n) is 15.6. The lowest BCUT2D eigenvalue weighted by Crippen LogP contribution is -2.37. The van der Waals surface area contributed by atoms with Crippen molar-refractivity contribution in [3.05, 3.63) is 27.2 Å². The zero-order valence-corrected chi connectivity index (χ0v) is 15.6. The topological polar surface area (TPSA) is 82.1 Å². The molecule has 2 aromatic heterocycles. The minimum Gasteiger partial charge on any atom is -0.343 e. The van der Waals surface area contributed by atoms with Crippen LogP contribution in [0.25, 0.3) is 11.2 Å². The van der Waals surface area contributed by atoms with Gasteiger partial charge in [0, 0.05) is 40.2 Å². The summed E-state index contributed by atoms with van der Waals surface area (Å²) in [7, 11) is 3.07. The number of aryl methyl sites for hydroxylation is 2. The SMILES string of the molecule is Cn1c(=O)c2c(ncn2CCCC(=O)N2CCCCCCC2)n(C)c1=O. The van der Waals surface area contributed by atoms with Crippen LogP contribution in [-0.2, 0) is 25.4 Å². The molecule has 142 valence electrons. The highest BCUT2D eigenvalue weighted by atomic mass is 16.2. The van der Waals surface area contributed by atoms with Gasteiger partial charge in [-0.1, -0.05) is 19.3 Å². The van der Waals surface area contributed by atoms with Crippen LogP contribution in [-0.4, -0.2) is 42.6 Å². The van der Waals surface area contributed by atoms with Gasteiger partial charge in [0.2, 0.25) is 5.91 Å². The maximum Gasteiger partial charge on any atom is 0.332 e. The number of carbonyl (C=O) groups is 1. The van der Waals surface area contributed by atoms with Crippen LogP contribution in [0.2, 0.25) is 0 Å². The lowest BCUT2D eigenvalue weighted by molar-refractivity contribution is -0.131. The fourth-order valence-electron chi connectivity index (χ4n) is 3.62. The molecule has 0 N–H and O–H groups in total. The molecule has 1 amide bonds. The molecule has 0 spiro atoms. The molecule has 1 saturated heterocycles. The van der Waals surface area contributed by atoms with Gasteiger partial charge in [-0.05, 0) is 19.3 Å². The van der Waals surface area contributed by atoms with E-state index in [4.69, 9.17) is 0 Å². The molecule has 26 heavy (non-hydrogen) atoms. The molecule has 0 bridgehead atoms. The molecule has 1 aliphatic heterocycles. The largest absolute Gasteiger partial charge is 0.343 e. The summed E-state index contributed by atoms with van der Waals surface area (Å²) in [6.07, 6.45) is 8.53. The monoisotopic (exact) mass is 361 g/mol. The second-order valence-electron chi connectivity index (χ2n) is 7.07. The molecular weight excluding hydrogens is 334 g/mol. The number of hydrogen-bond acceptors (Lipinski definition) is 4. The lowest BCUT2D eigenvalue weighted by atomic mass is 10.1. The number of rotatable bonds is 4. The van der Waals surface area contributed by atoms with Crippen LogP contribution in [0, 0.1) is 0 Å². The van der Waals surface area contributed by atoms with E-state index in [-0.39, 0.29) is 17.2 Å². The molecule has 8 nitrogen and oxygen atoms in total. The highest BCUT2D eigenvalue weighted by Gasteiger charge is 2.16. The number of fused-ring (bicyclic) bond motifs is 1. The van der Waals surface area contributed by atoms with Crippen LogP contribution in [0.3, 0.4) is 0 Å². The van der Waals surface area contributed by atoms with E-state index in [0.717, 1.165) is 30.5 Å². The Kier molecular flexibility index (Phi) is 5.58. The summed E-state index contributed by atoms with van der Waals surface area (Å²) < 4.78 is 4.21. The fourth-order valence-corrected chi connectivity index (χ4v) is 3.62. The van der Waals surface area contributed by atoms with Gasteiger partial charge in [-0.3, -0.25) is 18.7 Å². The standard InChI is InChI=1S/C18H27N5O3/c1-20-16-15(17(25)21(2)18(20)26)23(13-19-16)12-8-9-14(24)22-10-6-4-3-5-7-11-22/h13H,3-12H2,1-2H3. The molecule has 0 aromatic carbocycles. The third-order valence-corrected chi connectivity index (χ3v) is 5.22. The van der Waals surface area contributed by atoms with E-state index >= 15 is 0 Å². The van der Waals surface area contributed by atoms with Gasteiger partial charge in [-0.25, -0.2) is 9.78 Å². The number of amides is 1. The van der Waals surface area contributed by atoms with Crippen LogP contribution in [0.1, 0.15) is 44.9 Å². The van der Waals surface area contributed by atoms with E-state index in [1.807, 2.05) is 4.90 Å². The van der Waals surface area contributed by atoms with E-state index in [0.29, 0.717) is 30.6 Å². The lowest BCUT2D eigenvalue weighted by Gasteiger charge is -2.24. The third-order valence-electron chi connectivity index (χ3n) is 5.22. The van der Waals surface area contributed by atoms with Crippen molar-refractivity contribution in [3.8, 4) is 0 Å². The summed E-state index contributed by atoms with van der Waals surface area (Å²) in [5.74, 6) is 0.191. The van der Waals surface area contributed by atoms with Gasteiger partial charge in [0.25, 0.3) is 5.56 Å². The Morgan fingerprint density at radius 3 is 2.38 bits per heavy atom. The molecule has 2 aromatic rings. The molecule has 1 fully saturated rings. The van der Waals surface area contributed by atoms with E-state index in [1.54, 1.807) is 17.9 Å². The van der Waals surface area contributed by atoms with Crippen molar-refractivity contribution in [2.45, 2.75) is 51.5 Å². The molecule has 0 aliphatic carbocycles. The van der Waals surface area contributed by atoms with E-state index in [9.17, 15) is 14.4 Å². The van der Waals surface area contributed by atoms with E-state index in [1.165, 1.54) is 30.9 Å². The smallest absolute Gasteiger partial charge is 0.332 e. The first-order valence-corrected chi connectivity index (χ1v) is 9.39. The molecular formula is C18H27N5O3. The first kappa shape index (κ1) is 18.4. The second kappa shape index (κ2) is 7.88. The van der Waals surface area contributed by atoms with Crippen molar-refractivity contribution in [2.24, 2.45) is 14.1 Å². The van der Waals surface area contributed by atoms with Gasteiger partial charge in [0.05, 0.1) is 6.33 Å². The van der Waals surface area contributed by atoms with Crippen LogP contribution in [0.4, 0.5) is 0 Å². The number of nitrogens with zero attached hydrogens (tertiary/aromatic N) is 5. The summed E-state index contributed by atoms with van der Waals surface area (Å²) in [4.78, 5) is 43.0. The number of carbonyl (C=O) groups excluding carboxylic acids is 1. The Bertz CT molecular complexity index is 900. The predicted molar refractivity (Wildman–Crippen MR) is 99.1 cm³/mol. The third kappa shape index (κ3) is 3.59. The molecule has 0 radical (unpaired) electrons. The van der Waals surface area contributed by atoms with Gasteiger partial charge in [-0.15, -0.1) is 0 Å². The van der Waals surface area contributed by atoms with Crippen molar-refractivity contribution in [3.63, 3.8) is 0 Å². The van der Waals surface area contributed by atoms with E-state index in [2.05, 4.69) is 4.98 Å². The number of imidazole rings is 1. The molecule has 0 atom stereocenters.